The Balaban J connectivity index is 1.97. The van der Waals surface area contributed by atoms with Gasteiger partial charge in [-0.3, -0.25) is 4.79 Å². The van der Waals surface area contributed by atoms with Crippen molar-refractivity contribution in [2.45, 2.75) is 82.9 Å². The lowest BCUT2D eigenvalue weighted by atomic mass is 9.73. The van der Waals surface area contributed by atoms with Gasteiger partial charge in [0.05, 0.1) is 17.8 Å². The van der Waals surface area contributed by atoms with Gasteiger partial charge in [-0.05, 0) is 51.4 Å². The van der Waals surface area contributed by atoms with Crippen LogP contribution in [-0.4, -0.2) is 31.9 Å². The second-order valence-corrected chi connectivity index (χ2v) is 12.5. The molecule has 0 aromatic carbocycles. The number of rotatable bonds is 4. The summed E-state index contributed by atoms with van der Waals surface area (Å²) in [5.41, 5.74) is 1.19. The minimum atomic E-state index is -1.72. The maximum absolute atomic E-state index is 12.0. The number of carbonyl (C=O) groups excluding carboxylic acids is 1. The highest BCUT2D eigenvalue weighted by Gasteiger charge is 2.55. The van der Waals surface area contributed by atoms with E-state index in [1.165, 1.54) is 24.8 Å². The highest BCUT2D eigenvalue weighted by molar-refractivity contribution is 6.69. The summed E-state index contributed by atoms with van der Waals surface area (Å²) in [5.74, 6) is 0.612. The molecule has 2 bridgehead atoms. The van der Waals surface area contributed by atoms with Crippen molar-refractivity contribution in [3.05, 3.63) is 11.6 Å². The van der Waals surface area contributed by atoms with Crippen LogP contribution in [0, 0.1) is 5.92 Å². The van der Waals surface area contributed by atoms with Crippen LogP contribution < -0.4 is 0 Å². The summed E-state index contributed by atoms with van der Waals surface area (Å²) in [6, 6.07) is 0. The lowest BCUT2D eigenvalue weighted by Gasteiger charge is -2.50. The standard InChI is InChI=1S/C17H28O3Si/c1-12(18)10-17(20-21(2,3)4)11-14-9-13-7-5-6-8-15(17)16(13)19-14/h9,14-16H,5-8,10-11H2,1-4H3/t14-,15-,16+,17+/m0/s1. The Morgan fingerprint density at radius 1 is 1.43 bits per heavy atom. The maximum Gasteiger partial charge on any atom is 0.184 e. The predicted molar refractivity (Wildman–Crippen MR) is 85.8 cm³/mol. The van der Waals surface area contributed by atoms with Gasteiger partial charge in [-0.1, -0.05) is 12.5 Å². The molecule has 21 heavy (non-hydrogen) atoms. The van der Waals surface area contributed by atoms with Gasteiger partial charge in [0.15, 0.2) is 8.32 Å². The molecule has 1 saturated carbocycles. The molecule has 4 atom stereocenters. The van der Waals surface area contributed by atoms with E-state index in [1.54, 1.807) is 6.92 Å². The molecule has 0 unspecified atom stereocenters. The van der Waals surface area contributed by atoms with Gasteiger partial charge in [-0.15, -0.1) is 0 Å². The molecule has 3 rings (SSSR count). The first-order valence-electron chi connectivity index (χ1n) is 8.35. The van der Waals surface area contributed by atoms with Gasteiger partial charge in [-0.25, -0.2) is 0 Å². The van der Waals surface area contributed by atoms with E-state index in [1.807, 2.05) is 0 Å². The van der Waals surface area contributed by atoms with Crippen molar-refractivity contribution >= 4 is 14.1 Å². The largest absolute Gasteiger partial charge is 0.411 e. The second-order valence-electron chi connectivity index (χ2n) is 8.05. The fourth-order valence-corrected chi connectivity index (χ4v) is 6.12. The van der Waals surface area contributed by atoms with Gasteiger partial charge in [0, 0.05) is 18.8 Å². The van der Waals surface area contributed by atoms with Crippen LogP contribution in [0.15, 0.2) is 11.6 Å². The lowest BCUT2D eigenvalue weighted by molar-refractivity contribution is -0.154. The molecule has 0 spiro atoms. The molecule has 1 saturated heterocycles. The van der Waals surface area contributed by atoms with Crippen LogP contribution in [0.1, 0.15) is 45.4 Å². The third-order valence-corrected chi connectivity index (χ3v) is 5.98. The Morgan fingerprint density at radius 2 is 2.19 bits per heavy atom. The molecule has 0 N–H and O–H groups in total. The zero-order valence-corrected chi connectivity index (χ0v) is 14.8. The number of Topliss-reactive ketones (excluding diaryl/α,β-unsaturated/α-hetero) is 1. The minimum Gasteiger partial charge on any atom is -0.411 e. The minimum absolute atomic E-state index is 0.162. The quantitative estimate of drug-likeness (QED) is 0.584. The van der Waals surface area contributed by atoms with Crippen molar-refractivity contribution in [3.63, 3.8) is 0 Å². The van der Waals surface area contributed by atoms with Crippen LogP contribution in [0.5, 0.6) is 0 Å². The van der Waals surface area contributed by atoms with Gasteiger partial charge in [0.25, 0.3) is 0 Å². The molecule has 3 nitrogen and oxygen atoms in total. The summed E-state index contributed by atoms with van der Waals surface area (Å²) in [5, 5.41) is 0. The van der Waals surface area contributed by atoms with Crippen molar-refractivity contribution in [1.29, 1.82) is 0 Å². The Hall–Kier alpha value is -0.453. The maximum atomic E-state index is 12.0. The predicted octanol–water partition coefficient (Wildman–Crippen LogP) is 3.84. The van der Waals surface area contributed by atoms with Crippen LogP contribution in [0.4, 0.5) is 0 Å². The molecular weight excluding hydrogens is 280 g/mol. The number of ether oxygens (including phenoxy) is 1. The van der Waals surface area contributed by atoms with Crippen molar-refractivity contribution in [3.8, 4) is 0 Å². The van der Waals surface area contributed by atoms with E-state index in [0.717, 1.165) is 12.8 Å². The molecule has 0 amide bonds. The Kier molecular flexibility index (Phi) is 3.91. The van der Waals surface area contributed by atoms with Crippen LogP contribution >= 0.6 is 0 Å². The van der Waals surface area contributed by atoms with Crippen LogP contribution in [0.25, 0.3) is 0 Å². The fourth-order valence-electron chi connectivity index (χ4n) is 4.60. The monoisotopic (exact) mass is 308 g/mol. The van der Waals surface area contributed by atoms with Gasteiger partial charge >= 0.3 is 0 Å². The van der Waals surface area contributed by atoms with E-state index in [9.17, 15) is 4.79 Å². The van der Waals surface area contributed by atoms with E-state index in [4.69, 9.17) is 9.16 Å². The molecule has 4 heteroatoms. The SMILES string of the molecule is CC(=O)C[C@@]1(O[Si](C)(C)C)C[C@@H]2C=C3CCCC[C@H]1[C@@H]3O2. The average molecular weight is 308 g/mol. The summed E-state index contributed by atoms with van der Waals surface area (Å²) < 4.78 is 12.9. The van der Waals surface area contributed by atoms with Crippen molar-refractivity contribution in [2.24, 2.45) is 5.92 Å². The molecule has 118 valence electrons. The molecule has 2 heterocycles. The van der Waals surface area contributed by atoms with Crippen LogP contribution in [0.2, 0.25) is 19.6 Å². The van der Waals surface area contributed by atoms with Crippen molar-refractivity contribution < 1.29 is 14.0 Å². The summed E-state index contributed by atoms with van der Waals surface area (Å²) in [6.45, 7) is 8.41. The third kappa shape index (κ3) is 3.03. The van der Waals surface area contributed by atoms with Gasteiger partial charge < -0.3 is 9.16 Å². The van der Waals surface area contributed by atoms with Gasteiger partial charge in [-0.2, -0.15) is 0 Å². The van der Waals surface area contributed by atoms with E-state index < -0.39 is 8.32 Å². The van der Waals surface area contributed by atoms with Crippen LogP contribution in [0.3, 0.4) is 0 Å². The fraction of sp³-hybridized carbons (Fsp3) is 0.824. The van der Waals surface area contributed by atoms with E-state index >= 15 is 0 Å². The average Bonchev–Trinajstić information content (AvgIpc) is 2.50. The van der Waals surface area contributed by atoms with Crippen LogP contribution in [-0.2, 0) is 14.0 Å². The molecule has 2 aliphatic heterocycles. The molecule has 2 fully saturated rings. The van der Waals surface area contributed by atoms with Gasteiger partial charge in [0.2, 0.25) is 0 Å². The van der Waals surface area contributed by atoms with Crippen molar-refractivity contribution in [1.82, 2.24) is 0 Å². The summed E-state index contributed by atoms with van der Waals surface area (Å²) in [7, 11) is -1.72. The topological polar surface area (TPSA) is 35.5 Å². The van der Waals surface area contributed by atoms with E-state index in [-0.39, 0.29) is 23.6 Å². The first kappa shape index (κ1) is 15.4. The summed E-state index contributed by atoms with van der Waals surface area (Å²) in [4.78, 5) is 12.0. The normalized spacial score (nSPS) is 38.9. The Bertz CT molecular complexity index is 465. The third-order valence-electron chi connectivity index (χ3n) is 4.96. The number of hydrogen-bond donors (Lipinski definition) is 0. The molecule has 3 aliphatic rings. The molecular formula is C17H28O3Si. The first-order valence-corrected chi connectivity index (χ1v) is 11.8. The van der Waals surface area contributed by atoms with Gasteiger partial charge in [0.1, 0.15) is 5.78 Å². The number of fused-ring (bicyclic) bond motifs is 1. The van der Waals surface area contributed by atoms with E-state index in [2.05, 4.69) is 25.7 Å². The molecule has 0 aromatic heterocycles. The Labute approximate surface area is 129 Å². The molecule has 0 radical (unpaired) electrons. The zero-order valence-electron chi connectivity index (χ0n) is 13.8. The lowest BCUT2D eigenvalue weighted by Crippen LogP contribution is -2.57. The van der Waals surface area contributed by atoms with Crippen molar-refractivity contribution in [2.75, 3.05) is 0 Å². The first-order chi connectivity index (χ1) is 9.79. The second kappa shape index (κ2) is 5.32. The zero-order chi connectivity index (χ0) is 15.3. The smallest absolute Gasteiger partial charge is 0.184 e. The number of hydrogen-bond acceptors (Lipinski definition) is 3. The Morgan fingerprint density at radius 3 is 2.86 bits per heavy atom. The molecule has 1 aliphatic carbocycles. The highest BCUT2D eigenvalue weighted by Crippen LogP contribution is 2.51. The summed E-state index contributed by atoms with van der Waals surface area (Å²) in [6.07, 6.45) is 8.89. The molecule has 0 aromatic rings. The van der Waals surface area contributed by atoms with E-state index in [0.29, 0.717) is 12.3 Å². The summed E-state index contributed by atoms with van der Waals surface area (Å²) >= 11 is 0. The highest BCUT2D eigenvalue weighted by atomic mass is 28.4. The number of carbonyl (C=O) groups is 1. The number of ketones is 1.